The molecule has 0 fully saturated rings. The van der Waals surface area contributed by atoms with Crippen LogP contribution in [-0.2, 0) is 10.0 Å². The van der Waals surface area contributed by atoms with Crippen molar-refractivity contribution in [3.05, 3.63) is 23.8 Å². The molecule has 19 heavy (non-hydrogen) atoms. The highest BCUT2D eigenvalue weighted by Crippen LogP contribution is 2.28. The second-order valence-electron chi connectivity index (χ2n) is 5.00. The lowest BCUT2D eigenvalue weighted by atomic mass is 10.0. The lowest BCUT2D eigenvalue weighted by molar-refractivity contribution is 0.401. The molecule has 4 nitrogen and oxygen atoms in total. The molecule has 5 heteroatoms. The van der Waals surface area contributed by atoms with Crippen LogP contribution in [0.1, 0.15) is 45.6 Å². The topological polar surface area (TPSA) is 55.4 Å². The summed E-state index contributed by atoms with van der Waals surface area (Å²) in [5, 5.41) is 0. The quantitative estimate of drug-likeness (QED) is 0.874. The summed E-state index contributed by atoms with van der Waals surface area (Å²) in [5.74, 6) is 0.642. The predicted octanol–water partition coefficient (Wildman–Crippen LogP) is 2.90. The zero-order valence-electron chi connectivity index (χ0n) is 12.2. The summed E-state index contributed by atoms with van der Waals surface area (Å²) < 4.78 is 32.5. The Morgan fingerprint density at radius 3 is 2.37 bits per heavy atom. The normalized spacial score (nSPS) is 13.6. The number of ether oxygens (including phenoxy) is 1. The molecule has 0 spiro atoms. The molecule has 0 aliphatic heterocycles. The molecule has 0 amide bonds. The van der Waals surface area contributed by atoms with Crippen molar-refractivity contribution in [1.82, 2.24) is 4.72 Å². The minimum Gasteiger partial charge on any atom is -0.495 e. The zero-order chi connectivity index (χ0) is 14.6. The summed E-state index contributed by atoms with van der Waals surface area (Å²) in [6.45, 7) is 7.84. The Labute approximate surface area is 116 Å². The Hall–Kier alpha value is -1.07. The fourth-order valence-corrected chi connectivity index (χ4v) is 3.20. The third kappa shape index (κ3) is 3.94. The maximum absolute atomic E-state index is 12.4. The highest BCUT2D eigenvalue weighted by Gasteiger charge is 2.22. The van der Waals surface area contributed by atoms with Gasteiger partial charge in [-0.2, -0.15) is 0 Å². The molecule has 1 atom stereocenters. The van der Waals surface area contributed by atoms with E-state index >= 15 is 0 Å². The molecule has 0 saturated carbocycles. The fourth-order valence-electron chi connectivity index (χ4n) is 1.67. The van der Waals surface area contributed by atoms with Crippen molar-refractivity contribution in [2.75, 3.05) is 7.11 Å². The second-order valence-corrected chi connectivity index (χ2v) is 6.68. The monoisotopic (exact) mass is 285 g/mol. The van der Waals surface area contributed by atoms with Crippen LogP contribution >= 0.6 is 0 Å². The van der Waals surface area contributed by atoms with Gasteiger partial charge >= 0.3 is 0 Å². The van der Waals surface area contributed by atoms with E-state index in [2.05, 4.69) is 4.72 Å². The minimum absolute atomic E-state index is 0.0996. The number of sulfonamides is 1. The zero-order valence-corrected chi connectivity index (χ0v) is 13.0. The molecule has 0 aliphatic carbocycles. The molecule has 0 radical (unpaired) electrons. The first-order chi connectivity index (χ1) is 8.81. The van der Waals surface area contributed by atoms with Gasteiger partial charge in [-0.15, -0.1) is 0 Å². The molecule has 0 unspecified atom stereocenters. The van der Waals surface area contributed by atoms with E-state index in [1.165, 1.54) is 7.11 Å². The Bertz CT molecular complexity index is 523. The van der Waals surface area contributed by atoms with Crippen molar-refractivity contribution in [1.29, 1.82) is 0 Å². The highest BCUT2D eigenvalue weighted by molar-refractivity contribution is 7.89. The molecule has 0 bridgehead atoms. The van der Waals surface area contributed by atoms with Crippen LogP contribution in [-0.4, -0.2) is 21.6 Å². The van der Waals surface area contributed by atoms with Crippen molar-refractivity contribution in [3.8, 4) is 5.75 Å². The van der Waals surface area contributed by atoms with Crippen molar-refractivity contribution in [3.63, 3.8) is 0 Å². The Balaban J connectivity index is 3.26. The van der Waals surface area contributed by atoms with Gasteiger partial charge in [0.25, 0.3) is 0 Å². The molecular formula is C14H23NO3S. The number of hydrogen-bond donors (Lipinski definition) is 1. The van der Waals surface area contributed by atoms with E-state index in [9.17, 15) is 8.42 Å². The first-order valence-corrected chi connectivity index (χ1v) is 8.00. The van der Waals surface area contributed by atoms with Gasteiger partial charge in [0.15, 0.2) is 0 Å². The standard InChI is InChI=1S/C14H23NO3S/c1-6-11(4)15-19(16,17)14-9-12(10(2)3)7-8-13(14)18-5/h7-11,15H,6H2,1-5H3/t11-/m1/s1. The van der Waals surface area contributed by atoms with Crippen LogP contribution < -0.4 is 9.46 Å². The Kier molecular flexibility index (Phi) is 5.38. The van der Waals surface area contributed by atoms with Crippen molar-refractivity contribution < 1.29 is 13.2 Å². The van der Waals surface area contributed by atoms with Crippen molar-refractivity contribution >= 4 is 10.0 Å². The van der Waals surface area contributed by atoms with Crippen LogP contribution in [0.4, 0.5) is 0 Å². The van der Waals surface area contributed by atoms with E-state index < -0.39 is 10.0 Å². The van der Waals surface area contributed by atoms with Crippen molar-refractivity contribution in [2.45, 2.75) is 51.0 Å². The van der Waals surface area contributed by atoms with Crippen LogP contribution in [0.15, 0.2) is 23.1 Å². The van der Waals surface area contributed by atoms with E-state index in [4.69, 9.17) is 4.74 Å². The van der Waals surface area contributed by atoms with Crippen LogP contribution in [0.25, 0.3) is 0 Å². The average molecular weight is 285 g/mol. The highest BCUT2D eigenvalue weighted by atomic mass is 32.2. The van der Waals surface area contributed by atoms with Crippen LogP contribution in [0, 0.1) is 0 Å². The van der Waals surface area contributed by atoms with Gasteiger partial charge in [-0.25, -0.2) is 13.1 Å². The van der Waals surface area contributed by atoms with E-state index in [1.54, 1.807) is 12.1 Å². The lowest BCUT2D eigenvalue weighted by Gasteiger charge is -2.16. The van der Waals surface area contributed by atoms with E-state index in [0.29, 0.717) is 5.75 Å². The maximum Gasteiger partial charge on any atom is 0.244 e. The third-order valence-corrected chi connectivity index (χ3v) is 4.72. The van der Waals surface area contributed by atoms with Gasteiger partial charge in [-0.3, -0.25) is 0 Å². The van der Waals surface area contributed by atoms with Crippen molar-refractivity contribution in [2.24, 2.45) is 0 Å². The summed E-state index contributed by atoms with van der Waals surface area (Å²) in [6.07, 6.45) is 0.741. The molecule has 0 heterocycles. The van der Waals surface area contributed by atoms with Gasteiger partial charge in [0, 0.05) is 6.04 Å². The second kappa shape index (κ2) is 6.39. The number of benzene rings is 1. The summed E-state index contributed by atoms with van der Waals surface area (Å²) >= 11 is 0. The first-order valence-electron chi connectivity index (χ1n) is 6.52. The lowest BCUT2D eigenvalue weighted by Crippen LogP contribution is -2.32. The van der Waals surface area contributed by atoms with E-state index in [-0.39, 0.29) is 16.9 Å². The largest absolute Gasteiger partial charge is 0.495 e. The summed E-state index contributed by atoms with van der Waals surface area (Å²) in [6, 6.07) is 5.19. The van der Waals surface area contributed by atoms with Gasteiger partial charge in [0.1, 0.15) is 10.6 Å². The third-order valence-electron chi connectivity index (χ3n) is 3.11. The smallest absolute Gasteiger partial charge is 0.244 e. The Morgan fingerprint density at radius 1 is 1.26 bits per heavy atom. The first kappa shape index (κ1) is 16.0. The number of hydrogen-bond acceptors (Lipinski definition) is 3. The minimum atomic E-state index is -3.55. The maximum atomic E-state index is 12.4. The van der Waals surface area contributed by atoms with Gasteiger partial charge in [0.05, 0.1) is 7.11 Å². The molecule has 108 valence electrons. The molecule has 0 aromatic heterocycles. The average Bonchev–Trinajstić information content (AvgIpc) is 2.37. The fraction of sp³-hybridized carbons (Fsp3) is 0.571. The summed E-state index contributed by atoms with van der Waals surface area (Å²) in [7, 11) is -2.07. The van der Waals surface area contributed by atoms with E-state index in [0.717, 1.165) is 12.0 Å². The summed E-state index contributed by atoms with van der Waals surface area (Å²) in [5.41, 5.74) is 0.977. The van der Waals surface area contributed by atoms with Gasteiger partial charge in [0.2, 0.25) is 10.0 Å². The van der Waals surface area contributed by atoms with Gasteiger partial charge < -0.3 is 4.74 Å². The molecule has 1 aromatic carbocycles. The summed E-state index contributed by atoms with van der Waals surface area (Å²) in [4.78, 5) is 0.210. The molecule has 1 aromatic rings. The van der Waals surface area contributed by atoms with Gasteiger partial charge in [-0.05, 0) is 37.0 Å². The number of nitrogens with one attached hydrogen (secondary N) is 1. The van der Waals surface area contributed by atoms with Crippen LogP contribution in [0.5, 0.6) is 5.75 Å². The molecule has 0 saturated heterocycles. The molecule has 0 aliphatic rings. The Morgan fingerprint density at radius 2 is 1.89 bits per heavy atom. The van der Waals surface area contributed by atoms with Gasteiger partial charge in [-0.1, -0.05) is 26.8 Å². The number of methoxy groups -OCH3 is 1. The predicted molar refractivity (Wildman–Crippen MR) is 77.2 cm³/mol. The number of rotatable bonds is 6. The molecular weight excluding hydrogens is 262 g/mol. The molecule has 1 rings (SSSR count). The van der Waals surface area contributed by atoms with Crippen LogP contribution in [0.3, 0.4) is 0 Å². The SMILES string of the molecule is CC[C@@H](C)NS(=O)(=O)c1cc(C(C)C)ccc1OC. The van der Waals surface area contributed by atoms with Crippen LogP contribution in [0.2, 0.25) is 0 Å². The molecule has 1 N–H and O–H groups in total. The van der Waals surface area contributed by atoms with E-state index in [1.807, 2.05) is 33.8 Å².